The summed E-state index contributed by atoms with van der Waals surface area (Å²) in [6, 6.07) is 12.4. The van der Waals surface area contributed by atoms with E-state index < -0.39 is 12.1 Å². The molecule has 1 aromatic heterocycles. The van der Waals surface area contributed by atoms with Crippen LogP contribution in [0.4, 0.5) is 13.2 Å². The summed E-state index contributed by atoms with van der Waals surface area (Å²) < 4.78 is 40.9. The third kappa shape index (κ3) is 4.75. The summed E-state index contributed by atoms with van der Waals surface area (Å²) in [5.74, 6) is -1.69. The van der Waals surface area contributed by atoms with Crippen molar-refractivity contribution in [2.24, 2.45) is 11.8 Å². The van der Waals surface area contributed by atoms with E-state index in [1.54, 1.807) is 42.6 Å². The average Bonchev–Trinajstić information content (AvgIpc) is 2.62. The fraction of sp³-hybridized carbons (Fsp3) is 0.450. The van der Waals surface area contributed by atoms with Crippen molar-refractivity contribution in [3.05, 3.63) is 70.1 Å². The minimum Gasteiger partial charge on any atom is -0.329 e. The van der Waals surface area contributed by atoms with Gasteiger partial charge in [0, 0.05) is 18.3 Å². The van der Waals surface area contributed by atoms with E-state index in [9.17, 15) is 18.0 Å². The lowest BCUT2D eigenvalue weighted by Gasteiger charge is -2.37. The van der Waals surface area contributed by atoms with E-state index in [-0.39, 0.29) is 17.9 Å². The Morgan fingerprint density at radius 2 is 1.77 bits per heavy atom. The zero-order valence-corrected chi connectivity index (χ0v) is 14.5. The molecule has 0 amide bonds. The van der Waals surface area contributed by atoms with Crippen LogP contribution in [0.3, 0.4) is 0 Å². The number of nitrogens with zero attached hydrogens (tertiary/aromatic N) is 1. The number of rotatable bonds is 5. The monoisotopic (exact) mass is 364 g/mol. The number of hydrogen-bond donors (Lipinski definition) is 1. The topological polar surface area (TPSA) is 36.1 Å². The Morgan fingerprint density at radius 1 is 1.08 bits per heavy atom. The van der Waals surface area contributed by atoms with Crippen molar-refractivity contribution in [3.8, 4) is 0 Å². The number of benzene rings is 1. The van der Waals surface area contributed by atoms with E-state index in [1.807, 2.05) is 6.07 Å². The van der Waals surface area contributed by atoms with Crippen LogP contribution in [0.2, 0.25) is 0 Å². The maximum atomic E-state index is 13.6. The molecule has 1 atom stereocenters. The second-order valence-corrected chi connectivity index (χ2v) is 6.98. The summed E-state index contributed by atoms with van der Waals surface area (Å²) in [6.07, 6.45) is -1.58. The lowest BCUT2D eigenvalue weighted by Crippen LogP contribution is -2.41. The first-order chi connectivity index (χ1) is 12.4. The molecule has 1 N–H and O–H groups in total. The number of alkyl halides is 3. The normalized spacial score (nSPS) is 18.0. The molecule has 2 aromatic rings. The number of piperidine rings is 1. The third-order valence-corrected chi connectivity index (χ3v) is 5.21. The van der Waals surface area contributed by atoms with E-state index >= 15 is 0 Å². The van der Waals surface area contributed by atoms with Gasteiger partial charge in [0.1, 0.15) is 0 Å². The summed E-state index contributed by atoms with van der Waals surface area (Å²) >= 11 is 0. The zero-order chi connectivity index (χ0) is 18.6. The quantitative estimate of drug-likeness (QED) is 0.870. The molecule has 0 saturated carbocycles. The van der Waals surface area contributed by atoms with E-state index in [2.05, 4.69) is 9.88 Å². The van der Waals surface area contributed by atoms with Crippen molar-refractivity contribution in [1.29, 1.82) is 0 Å². The van der Waals surface area contributed by atoms with Gasteiger partial charge in [-0.25, -0.2) is 0 Å². The summed E-state index contributed by atoms with van der Waals surface area (Å²) in [5.41, 5.74) is 1.25. The number of aromatic amines is 1. The van der Waals surface area contributed by atoms with Gasteiger partial charge in [0.25, 0.3) is 5.56 Å². The molecule has 1 aromatic carbocycles. The van der Waals surface area contributed by atoms with Crippen LogP contribution in [0.15, 0.2) is 53.5 Å². The van der Waals surface area contributed by atoms with Crippen LogP contribution < -0.4 is 5.56 Å². The molecule has 3 rings (SSSR count). The second-order valence-electron chi connectivity index (χ2n) is 6.98. The third-order valence-electron chi connectivity index (χ3n) is 5.21. The number of aromatic nitrogens is 1. The Bertz CT molecular complexity index is 749. The predicted molar refractivity (Wildman–Crippen MR) is 94.8 cm³/mol. The number of likely N-dealkylation sites (tertiary alicyclic amines) is 1. The molecule has 6 heteroatoms. The maximum absolute atomic E-state index is 13.6. The van der Waals surface area contributed by atoms with Gasteiger partial charge < -0.3 is 4.98 Å². The van der Waals surface area contributed by atoms with Crippen molar-refractivity contribution in [2.45, 2.75) is 32.0 Å². The van der Waals surface area contributed by atoms with Crippen molar-refractivity contribution in [2.75, 3.05) is 13.1 Å². The van der Waals surface area contributed by atoms with Crippen LogP contribution in [-0.2, 0) is 13.0 Å². The molecule has 1 fully saturated rings. The van der Waals surface area contributed by atoms with Gasteiger partial charge in [-0.1, -0.05) is 36.4 Å². The number of hydrogen-bond acceptors (Lipinski definition) is 2. The highest BCUT2D eigenvalue weighted by Crippen LogP contribution is 2.39. The summed E-state index contributed by atoms with van der Waals surface area (Å²) in [6.45, 7) is 1.65. The van der Waals surface area contributed by atoms with Gasteiger partial charge in [-0.05, 0) is 49.9 Å². The first-order valence-corrected chi connectivity index (χ1v) is 8.93. The van der Waals surface area contributed by atoms with Crippen LogP contribution in [0, 0.1) is 11.8 Å². The summed E-state index contributed by atoms with van der Waals surface area (Å²) in [7, 11) is 0. The highest BCUT2D eigenvalue weighted by Gasteiger charge is 2.45. The standard InChI is InChI=1S/C20H23F3N2O/c21-20(22,23)18(13-15-5-2-1-3-6-15)16-8-11-25(12-9-16)14-17-7-4-10-24-19(17)26/h1-7,10,16,18H,8-9,11-14H2,(H,24,26). The molecule has 1 aliphatic heterocycles. The van der Waals surface area contributed by atoms with Gasteiger partial charge in [-0.2, -0.15) is 13.2 Å². The van der Waals surface area contributed by atoms with Crippen molar-refractivity contribution < 1.29 is 13.2 Å². The van der Waals surface area contributed by atoms with Gasteiger partial charge in [0.2, 0.25) is 0 Å². The summed E-state index contributed by atoms with van der Waals surface area (Å²) in [5, 5.41) is 0. The molecule has 1 aliphatic rings. The molecule has 1 saturated heterocycles. The van der Waals surface area contributed by atoms with Gasteiger partial charge >= 0.3 is 6.18 Å². The van der Waals surface area contributed by atoms with Gasteiger partial charge in [-0.3, -0.25) is 9.69 Å². The minimum absolute atomic E-state index is 0.0351. The predicted octanol–water partition coefficient (Wildman–Crippen LogP) is 4.01. The van der Waals surface area contributed by atoms with Crippen LogP contribution in [-0.4, -0.2) is 29.1 Å². The molecular formula is C20H23F3N2O. The fourth-order valence-corrected chi connectivity index (χ4v) is 3.75. The molecule has 0 aliphatic carbocycles. The van der Waals surface area contributed by atoms with Crippen molar-refractivity contribution in [1.82, 2.24) is 9.88 Å². The highest BCUT2D eigenvalue weighted by atomic mass is 19.4. The molecular weight excluding hydrogens is 341 g/mol. The Morgan fingerprint density at radius 3 is 2.38 bits per heavy atom. The molecule has 0 bridgehead atoms. The van der Waals surface area contributed by atoms with E-state index in [4.69, 9.17) is 0 Å². The maximum Gasteiger partial charge on any atom is 0.392 e. The van der Waals surface area contributed by atoms with E-state index in [0.717, 1.165) is 5.56 Å². The lowest BCUT2D eigenvalue weighted by molar-refractivity contribution is -0.192. The molecule has 3 nitrogen and oxygen atoms in total. The smallest absolute Gasteiger partial charge is 0.329 e. The van der Waals surface area contributed by atoms with Crippen LogP contribution in [0.1, 0.15) is 24.0 Å². The molecule has 0 spiro atoms. The van der Waals surface area contributed by atoms with Crippen LogP contribution in [0.25, 0.3) is 0 Å². The Labute approximate surface area is 150 Å². The number of pyridine rings is 1. The van der Waals surface area contributed by atoms with Crippen LogP contribution in [0.5, 0.6) is 0 Å². The number of H-pyrrole nitrogens is 1. The first-order valence-electron chi connectivity index (χ1n) is 8.93. The fourth-order valence-electron chi connectivity index (χ4n) is 3.75. The Hall–Kier alpha value is -2.08. The molecule has 0 radical (unpaired) electrons. The zero-order valence-electron chi connectivity index (χ0n) is 14.5. The van der Waals surface area contributed by atoms with Crippen LogP contribution >= 0.6 is 0 Å². The number of nitrogens with one attached hydrogen (secondary N) is 1. The number of halogens is 3. The van der Waals surface area contributed by atoms with Gasteiger partial charge in [0.15, 0.2) is 0 Å². The Balaban J connectivity index is 1.62. The van der Waals surface area contributed by atoms with Gasteiger partial charge in [0.05, 0.1) is 5.92 Å². The minimum atomic E-state index is -4.20. The second kappa shape index (κ2) is 8.08. The summed E-state index contributed by atoms with van der Waals surface area (Å²) in [4.78, 5) is 16.5. The lowest BCUT2D eigenvalue weighted by atomic mass is 9.80. The van der Waals surface area contributed by atoms with Gasteiger partial charge in [-0.15, -0.1) is 0 Å². The molecule has 1 unspecified atom stereocenters. The van der Waals surface area contributed by atoms with E-state index in [0.29, 0.717) is 38.0 Å². The highest BCUT2D eigenvalue weighted by molar-refractivity contribution is 5.16. The SMILES string of the molecule is O=c1[nH]cccc1CN1CCC(C(Cc2ccccc2)C(F)(F)F)CC1. The van der Waals surface area contributed by atoms with Crippen molar-refractivity contribution in [3.63, 3.8) is 0 Å². The molecule has 2 heterocycles. The molecule has 140 valence electrons. The first kappa shape index (κ1) is 18.7. The molecule has 26 heavy (non-hydrogen) atoms. The largest absolute Gasteiger partial charge is 0.392 e. The van der Waals surface area contributed by atoms with E-state index in [1.165, 1.54) is 0 Å². The average molecular weight is 364 g/mol. The Kier molecular flexibility index (Phi) is 5.81. The van der Waals surface area contributed by atoms with Crippen molar-refractivity contribution >= 4 is 0 Å².